The molecule has 3 rings (SSSR count). The molecule has 0 fully saturated rings. The predicted octanol–water partition coefficient (Wildman–Crippen LogP) is 5.36. The Morgan fingerprint density at radius 2 is 1.73 bits per heavy atom. The van der Waals surface area contributed by atoms with E-state index >= 15 is 0 Å². The number of nitrogens with zero attached hydrogens (tertiary/aromatic N) is 1. The van der Waals surface area contributed by atoms with E-state index < -0.39 is 0 Å². The standard InChI is InChI=1S/C20H22NS/c1-13-10-14(2)18(15(3)11-13)12-19-16-8-6-7-9-17(16)20(22-19)21(4)5/h6-11,20H,1-5H3/q+1. The Morgan fingerprint density at radius 3 is 2.36 bits per heavy atom. The van der Waals surface area contributed by atoms with Crippen LogP contribution in [0.4, 0.5) is 0 Å². The van der Waals surface area contributed by atoms with Gasteiger partial charge in [-0.25, -0.2) is 0 Å². The summed E-state index contributed by atoms with van der Waals surface area (Å²) in [6, 6.07) is 8.69. The third kappa shape index (κ3) is 2.70. The number of hydrogen-bond acceptors (Lipinski definition) is 2. The van der Waals surface area contributed by atoms with Crippen molar-refractivity contribution < 1.29 is 0 Å². The van der Waals surface area contributed by atoms with Crippen LogP contribution in [-0.2, 0) is 0 Å². The highest BCUT2D eigenvalue weighted by Crippen LogP contribution is 2.50. The molecule has 1 aliphatic carbocycles. The van der Waals surface area contributed by atoms with Crippen LogP contribution in [0.5, 0.6) is 0 Å². The topological polar surface area (TPSA) is 3.24 Å². The summed E-state index contributed by atoms with van der Waals surface area (Å²) in [5, 5.41) is 0.379. The molecule has 1 aromatic carbocycles. The Bertz CT molecular complexity index is 708. The molecule has 112 valence electrons. The van der Waals surface area contributed by atoms with Gasteiger partial charge in [0.15, 0.2) is 0 Å². The van der Waals surface area contributed by atoms with Crippen LogP contribution >= 0.6 is 11.8 Å². The number of allylic oxidation sites excluding steroid dienone is 5. The van der Waals surface area contributed by atoms with Crippen LogP contribution in [0.2, 0.25) is 0 Å². The van der Waals surface area contributed by atoms with E-state index in [2.05, 4.69) is 81.9 Å². The third-order valence-electron chi connectivity index (χ3n) is 4.09. The highest BCUT2D eigenvalue weighted by Gasteiger charge is 2.29. The lowest BCUT2D eigenvalue weighted by Crippen LogP contribution is -2.14. The van der Waals surface area contributed by atoms with Crippen molar-refractivity contribution in [3.8, 4) is 0 Å². The molecule has 0 amide bonds. The van der Waals surface area contributed by atoms with Gasteiger partial charge in [0.05, 0.1) is 33.6 Å². The summed E-state index contributed by atoms with van der Waals surface area (Å²) in [7, 11) is 4.28. The van der Waals surface area contributed by atoms with Crippen LogP contribution in [-0.4, -0.2) is 19.0 Å². The fraction of sp³-hybridized carbons (Fsp3) is 0.300. The van der Waals surface area contributed by atoms with Crippen molar-refractivity contribution in [3.05, 3.63) is 75.9 Å². The molecule has 1 atom stereocenters. The molecular formula is C20H22NS+. The summed E-state index contributed by atoms with van der Waals surface area (Å²) in [5.74, 6) is 1.32. The van der Waals surface area contributed by atoms with Gasteiger partial charge in [0.2, 0.25) is 0 Å². The van der Waals surface area contributed by atoms with E-state index in [1.807, 2.05) is 11.8 Å². The first-order valence-corrected chi connectivity index (χ1v) is 8.49. The maximum atomic E-state index is 3.70. The quantitative estimate of drug-likeness (QED) is 0.507. The number of benzene rings is 1. The Labute approximate surface area is 138 Å². The number of hydrogen-bond donors (Lipinski definition) is 0. The summed E-state index contributed by atoms with van der Waals surface area (Å²) in [6.07, 6.45) is 4.48. The summed E-state index contributed by atoms with van der Waals surface area (Å²) < 4.78 is 0. The first kappa shape index (κ1) is 15.3. The minimum Gasteiger partial charge on any atom is -0.294 e. The molecule has 1 heterocycles. The minimum absolute atomic E-state index is 0.379. The molecule has 1 unspecified atom stereocenters. The van der Waals surface area contributed by atoms with Crippen molar-refractivity contribution in [3.63, 3.8) is 0 Å². The first-order chi connectivity index (χ1) is 10.5. The second-order valence-corrected chi connectivity index (χ2v) is 7.34. The zero-order valence-electron chi connectivity index (χ0n) is 13.9. The lowest BCUT2D eigenvalue weighted by atomic mass is 9.89. The van der Waals surface area contributed by atoms with E-state index in [4.69, 9.17) is 0 Å². The lowest BCUT2D eigenvalue weighted by Gasteiger charge is -2.18. The summed E-state index contributed by atoms with van der Waals surface area (Å²) in [4.78, 5) is 3.52. The molecule has 2 heteroatoms. The molecule has 2 aliphatic rings. The van der Waals surface area contributed by atoms with Gasteiger partial charge in [0.25, 0.3) is 0 Å². The Kier molecular flexibility index (Phi) is 4.10. The average Bonchev–Trinajstić information content (AvgIpc) is 2.82. The lowest BCUT2D eigenvalue weighted by molar-refractivity contribution is 0.394. The fourth-order valence-corrected chi connectivity index (χ4v) is 4.37. The van der Waals surface area contributed by atoms with Crippen LogP contribution in [0.1, 0.15) is 37.3 Å². The van der Waals surface area contributed by atoms with E-state index in [9.17, 15) is 0 Å². The van der Waals surface area contributed by atoms with Crippen LogP contribution in [0, 0.1) is 5.92 Å². The number of fused-ring (bicyclic) bond motifs is 1. The zero-order chi connectivity index (χ0) is 15.9. The molecule has 0 saturated heterocycles. The average molecular weight is 308 g/mol. The van der Waals surface area contributed by atoms with Crippen molar-refractivity contribution >= 4 is 16.7 Å². The maximum Gasteiger partial charge on any atom is 0.132 e. The minimum atomic E-state index is 0.379. The molecular weight excluding hydrogens is 286 g/mol. The van der Waals surface area contributed by atoms with Crippen molar-refractivity contribution in [1.29, 1.82) is 0 Å². The summed E-state index contributed by atoms with van der Waals surface area (Å²) in [5.41, 5.74) is 10.3. The van der Waals surface area contributed by atoms with Crippen molar-refractivity contribution in [1.82, 2.24) is 4.90 Å². The van der Waals surface area contributed by atoms with E-state index in [1.54, 1.807) is 0 Å². The SMILES string of the molecule is CC1=C[C+](C)C=C(C)C1=C=C1SC(N(C)C)c2ccccc21. The Balaban J connectivity index is 2.15. The second kappa shape index (κ2) is 5.89. The Morgan fingerprint density at radius 1 is 1.09 bits per heavy atom. The first-order valence-electron chi connectivity index (χ1n) is 7.61. The van der Waals surface area contributed by atoms with Gasteiger partial charge in [-0.2, -0.15) is 0 Å². The van der Waals surface area contributed by atoms with Crippen LogP contribution in [0.3, 0.4) is 0 Å². The van der Waals surface area contributed by atoms with Gasteiger partial charge in [-0.05, 0) is 19.7 Å². The van der Waals surface area contributed by atoms with Crippen molar-refractivity contribution in [2.45, 2.75) is 26.1 Å². The normalized spacial score (nSPS) is 20.8. The van der Waals surface area contributed by atoms with E-state index in [-0.39, 0.29) is 0 Å². The molecule has 1 aliphatic heterocycles. The van der Waals surface area contributed by atoms with Crippen LogP contribution in [0.25, 0.3) is 4.91 Å². The van der Waals surface area contributed by atoms with Crippen LogP contribution in [0.15, 0.2) is 58.9 Å². The van der Waals surface area contributed by atoms with Crippen molar-refractivity contribution in [2.24, 2.45) is 0 Å². The molecule has 0 radical (unpaired) electrons. The van der Waals surface area contributed by atoms with Gasteiger partial charge in [-0.15, -0.1) is 0 Å². The molecule has 0 saturated carbocycles. The van der Waals surface area contributed by atoms with Gasteiger partial charge < -0.3 is 0 Å². The van der Waals surface area contributed by atoms with Crippen molar-refractivity contribution in [2.75, 3.05) is 14.1 Å². The summed E-state index contributed by atoms with van der Waals surface area (Å²) in [6.45, 7) is 6.51. The van der Waals surface area contributed by atoms with E-state index in [1.165, 1.54) is 38.7 Å². The molecule has 0 spiro atoms. The predicted molar refractivity (Wildman–Crippen MR) is 97.3 cm³/mol. The highest BCUT2D eigenvalue weighted by molar-refractivity contribution is 8.08. The van der Waals surface area contributed by atoms with Gasteiger partial charge >= 0.3 is 0 Å². The molecule has 22 heavy (non-hydrogen) atoms. The molecule has 0 aromatic heterocycles. The van der Waals surface area contributed by atoms with E-state index in [0.29, 0.717) is 5.37 Å². The zero-order valence-corrected chi connectivity index (χ0v) is 14.7. The smallest absolute Gasteiger partial charge is 0.132 e. The van der Waals surface area contributed by atoms with Gasteiger partial charge in [0.1, 0.15) is 5.57 Å². The summed E-state index contributed by atoms with van der Waals surface area (Å²) >= 11 is 1.90. The van der Waals surface area contributed by atoms with E-state index in [0.717, 1.165) is 0 Å². The van der Waals surface area contributed by atoms with Gasteiger partial charge in [-0.3, -0.25) is 4.90 Å². The fourth-order valence-electron chi connectivity index (χ4n) is 3.13. The number of thioether (sulfide) groups is 1. The monoisotopic (exact) mass is 308 g/mol. The van der Waals surface area contributed by atoms with Gasteiger partial charge in [-0.1, -0.05) is 41.8 Å². The molecule has 1 aromatic rings. The molecule has 1 nitrogen and oxygen atoms in total. The second-order valence-electron chi connectivity index (χ2n) is 6.25. The molecule has 0 N–H and O–H groups in total. The van der Waals surface area contributed by atoms with Gasteiger partial charge in [0, 0.05) is 32.3 Å². The third-order valence-corrected chi connectivity index (χ3v) is 5.54. The number of rotatable bonds is 1. The Hall–Kier alpha value is -1.60. The van der Waals surface area contributed by atoms with Crippen LogP contribution < -0.4 is 0 Å². The highest BCUT2D eigenvalue weighted by atomic mass is 32.2. The largest absolute Gasteiger partial charge is 0.294 e. The maximum absolute atomic E-state index is 3.70. The molecule has 0 bridgehead atoms.